The van der Waals surface area contributed by atoms with Gasteiger partial charge in [-0.15, -0.1) is 0 Å². The topological polar surface area (TPSA) is 85.6 Å². The Kier molecular flexibility index (Phi) is 4.27. The van der Waals surface area contributed by atoms with Gasteiger partial charge < -0.3 is 14.2 Å². The number of rotatable bonds is 3. The molecule has 18 heavy (non-hydrogen) atoms. The van der Waals surface area contributed by atoms with Crippen LogP contribution in [0.1, 0.15) is 19.4 Å². The normalized spacial score (nSPS) is 9.22. The van der Waals surface area contributed by atoms with Gasteiger partial charge in [-0.1, -0.05) is 0 Å². The van der Waals surface area contributed by atoms with E-state index in [1.54, 1.807) is 0 Å². The van der Waals surface area contributed by atoms with Crippen molar-refractivity contribution < 1.29 is 23.8 Å². The number of hydrogen-bond acceptors (Lipinski definition) is 6. The van der Waals surface area contributed by atoms with Gasteiger partial charge in [-0.05, 0) is 0 Å². The standard InChI is InChI=1S/C12H11NO5/c1-7(14)17-11-5-9(6-13)4-10(16-3)12(11)18-8(2)15/h4-5H,1-3H3. The van der Waals surface area contributed by atoms with Gasteiger partial charge in [-0.3, -0.25) is 9.59 Å². The van der Waals surface area contributed by atoms with Crippen LogP contribution in [0.4, 0.5) is 0 Å². The van der Waals surface area contributed by atoms with Crippen molar-refractivity contribution in [1.29, 1.82) is 5.26 Å². The van der Waals surface area contributed by atoms with E-state index in [2.05, 4.69) is 0 Å². The van der Waals surface area contributed by atoms with Crippen molar-refractivity contribution in [3.05, 3.63) is 17.7 Å². The Morgan fingerprint density at radius 2 is 1.67 bits per heavy atom. The van der Waals surface area contributed by atoms with Crippen LogP contribution >= 0.6 is 0 Å². The summed E-state index contributed by atoms with van der Waals surface area (Å²) < 4.78 is 14.8. The first-order valence-electron chi connectivity index (χ1n) is 4.97. The lowest BCUT2D eigenvalue weighted by Gasteiger charge is -2.12. The van der Waals surface area contributed by atoms with E-state index >= 15 is 0 Å². The molecule has 1 rings (SSSR count). The maximum absolute atomic E-state index is 11.0. The second-order valence-corrected chi connectivity index (χ2v) is 3.30. The van der Waals surface area contributed by atoms with Gasteiger partial charge in [0.1, 0.15) is 0 Å². The lowest BCUT2D eigenvalue weighted by molar-refractivity contribution is -0.134. The third-order valence-electron chi connectivity index (χ3n) is 1.87. The van der Waals surface area contributed by atoms with Gasteiger partial charge in [0.2, 0.25) is 5.75 Å². The summed E-state index contributed by atoms with van der Waals surface area (Å²) >= 11 is 0. The average molecular weight is 249 g/mol. The van der Waals surface area contributed by atoms with Crippen molar-refractivity contribution in [2.45, 2.75) is 13.8 Å². The fourth-order valence-corrected chi connectivity index (χ4v) is 1.27. The van der Waals surface area contributed by atoms with Crippen LogP contribution in [-0.2, 0) is 9.59 Å². The van der Waals surface area contributed by atoms with Crippen LogP contribution in [0, 0.1) is 11.3 Å². The molecule has 0 saturated heterocycles. The number of carbonyl (C=O) groups excluding carboxylic acids is 2. The van der Waals surface area contributed by atoms with Gasteiger partial charge in [0, 0.05) is 26.0 Å². The minimum absolute atomic E-state index is 0.0285. The zero-order valence-electron chi connectivity index (χ0n) is 10.1. The van der Waals surface area contributed by atoms with Gasteiger partial charge in [0.05, 0.1) is 18.7 Å². The zero-order chi connectivity index (χ0) is 13.7. The van der Waals surface area contributed by atoms with Crippen LogP contribution in [0.3, 0.4) is 0 Å². The highest BCUT2D eigenvalue weighted by Gasteiger charge is 2.18. The zero-order valence-corrected chi connectivity index (χ0v) is 10.1. The molecule has 0 heterocycles. The van der Waals surface area contributed by atoms with Crippen LogP contribution in [0.2, 0.25) is 0 Å². The lowest BCUT2D eigenvalue weighted by atomic mass is 10.2. The highest BCUT2D eigenvalue weighted by atomic mass is 16.6. The Morgan fingerprint density at radius 1 is 1.11 bits per heavy atom. The average Bonchev–Trinajstić information content (AvgIpc) is 2.29. The molecule has 0 aromatic heterocycles. The number of methoxy groups -OCH3 is 1. The molecule has 0 saturated carbocycles. The van der Waals surface area contributed by atoms with Crippen molar-refractivity contribution >= 4 is 11.9 Å². The lowest BCUT2D eigenvalue weighted by Crippen LogP contribution is -2.08. The molecule has 1 aromatic rings. The monoisotopic (exact) mass is 249 g/mol. The highest BCUT2D eigenvalue weighted by Crippen LogP contribution is 2.38. The number of nitriles is 1. The summed E-state index contributed by atoms with van der Waals surface area (Å²) in [7, 11) is 1.35. The number of carbonyl (C=O) groups is 2. The summed E-state index contributed by atoms with van der Waals surface area (Å²) in [5, 5.41) is 8.84. The van der Waals surface area contributed by atoms with Gasteiger partial charge in [0.15, 0.2) is 11.5 Å². The predicted molar refractivity (Wildman–Crippen MR) is 60.3 cm³/mol. The molecule has 6 nitrogen and oxygen atoms in total. The third kappa shape index (κ3) is 3.22. The van der Waals surface area contributed by atoms with E-state index in [1.165, 1.54) is 33.1 Å². The fraction of sp³-hybridized carbons (Fsp3) is 0.250. The minimum atomic E-state index is -0.597. The summed E-state index contributed by atoms with van der Waals surface area (Å²) in [6.45, 7) is 2.40. The molecule has 0 spiro atoms. The molecule has 94 valence electrons. The Balaban J connectivity index is 3.37. The van der Waals surface area contributed by atoms with Crippen LogP contribution in [0.25, 0.3) is 0 Å². The molecule has 0 aliphatic heterocycles. The number of nitrogens with zero attached hydrogens (tertiary/aromatic N) is 1. The summed E-state index contributed by atoms with van der Waals surface area (Å²) in [6, 6.07) is 4.56. The van der Waals surface area contributed by atoms with Crippen LogP contribution in [-0.4, -0.2) is 19.0 Å². The molecule has 0 amide bonds. The van der Waals surface area contributed by atoms with E-state index in [-0.39, 0.29) is 22.8 Å². The number of benzene rings is 1. The Hall–Kier alpha value is -2.55. The van der Waals surface area contributed by atoms with Crippen LogP contribution in [0.5, 0.6) is 17.2 Å². The molecule has 0 unspecified atom stereocenters. The molecule has 0 bridgehead atoms. The Morgan fingerprint density at radius 3 is 2.11 bits per heavy atom. The summed E-state index contributed by atoms with van der Waals surface area (Å²) in [5.74, 6) is -1.11. The first kappa shape index (κ1) is 13.5. The maximum atomic E-state index is 11.0. The first-order valence-corrected chi connectivity index (χ1v) is 4.97. The summed E-state index contributed by atoms with van der Waals surface area (Å²) in [4.78, 5) is 22.0. The second kappa shape index (κ2) is 5.68. The Labute approximate surface area is 104 Å². The fourth-order valence-electron chi connectivity index (χ4n) is 1.27. The van der Waals surface area contributed by atoms with Gasteiger partial charge >= 0.3 is 11.9 Å². The second-order valence-electron chi connectivity index (χ2n) is 3.30. The van der Waals surface area contributed by atoms with Crippen molar-refractivity contribution in [1.82, 2.24) is 0 Å². The minimum Gasteiger partial charge on any atom is -0.493 e. The van der Waals surface area contributed by atoms with Crippen molar-refractivity contribution in [3.63, 3.8) is 0 Å². The molecular formula is C12H11NO5. The number of hydrogen-bond donors (Lipinski definition) is 0. The van der Waals surface area contributed by atoms with Crippen molar-refractivity contribution in [2.24, 2.45) is 0 Å². The molecule has 0 radical (unpaired) electrons. The molecule has 0 aliphatic carbocycles. The number of ether oxygens (including phenoxy) is 3. The predicted octanol–water partition coefficient (Wildman–Crippen LogP) is 1.42. The van der Waals surface area contributed by atoms with Gasteiger partial charge in [-0.2, -0.15) is 5.26 Å². The first-order chi connectivity index (χ1) is 8.47. The van der Waals surface area contributed by atoms with E-state index in [1.807, 2.05) is 6.07 Å². The largest absolute Gasteiger partial charge is 0.493 e. The van der Waals surface area contributed by atoms with Crippen LogP contribution < -0.4 is 14.2 Å². The molecule has 1 aromatic carbocycles. The summed E-state index contributed by atoms with van der Waals surface area (Å²) in [6.07, 6.45) is 0. The SMILES string of the molecule is COc1cc(C#N)cc(OC(C)=O)c1OC(C)=O. The molecular weight excluding hydrogens is 238 g/mol. The van der Waals surface area contributed by atoms with E-state index in [0.717, 1.165) is 0 Å². The number of esters is 2. The van der Waals surface area contributed by atoms with Gasteiger partial charge in [-0.25, -0.2) is 0 Å². The third-order valence-corrected chi connectivity index (χ3v) is 1.87. The summed E-state index contributed by atoms with van der Waals surface area (Å²) in [5.41, 5.74) is 0.221. The molecule has 6 heteroatoms. The Bertz CT molecular complexity index is 530. The van der Waals surface area contributed by atoms with Gasteiger partial charge in [0.25, 0.3) is 0 Å². The van der Waals surface area contributed by atoms with E-state index in [0.29, 0.717) is 0 Å². The van der Waals surface area contributed by atoms with E-state index in [4.69, 9.17) is 19.5 Å². The van der Waals surface area contributed by atoms with Crippen LogP contribution in [0.15, 0.2) is 12.1 Å². The molecule has 0 aliphatic rings. The molecule has 0 atom stereocenters. The van der Waals surface area contributed by atoms with E-state index < -0.39 is 11.9 Å². The molecule has 0 N–H and O–H groups in total. The van der Waals surface area contributed by atoms with Crippen molar-refractivity contribution in [2.75, 3.05) is 7.11 Å². The van der Waals surface area contributed by atoms with E-state index in [9.17, 15) is 9.59 Å². The van der Waals surface area contributed by atoms with Crippen molar-refractivity contribution in [3.8, 4) is 23.3 Å². The smallest absolute Gasteiger partial charge is 0.308 e. The maximum Gasteiger partial charge on any atom is 0.308 e. The molecule has 0 fully saturated rings. The quantitative estimate of drug-likeness (QED) is 0.594. The highest BCUT2D eigenvalue weighted by molar-refractivity contribution is 5.76.